The molecule has 0 aliphatic rings. The van der Waals surface area contributed by atoms with Gasteiger partial charge < -0.3 is 5.32 Å². The van der Waals surface area contributed by atoms with E-state index in [0.29, 0.717) is 6.04 Å². The first-order chi connectivity index (χ1) is 8.16. The first kappa shape index (κ1) is 12.7. The highest BCUT2D eigenvalue weighted by Gasteiger charge is 2.06. The average Bonchev–Trinajstić information content (AvgIpc) is 2.67. The molecule has 1 atom stereocenters. The van der Waals surface area contributed by atoms with E-state index in [1.165, 1.54) is 19.8 Å². The summed E-state index contributed by atoms with van der Waals surface area (Å²) < 4.78 is 1.20. The van der Waals surface area contributed by atoms with Crippen molar-refractivity contribution in [1.29, 1.82) is 0 Å². The molecule has 17 heavy (non-hydrogen) atoms. The molecule has 0 fully saturated rings. The Hall–Kier alpha value is -0.710. The molecule has 0 aromatic carbocycles. The van der Waals surface area contributed by atoms with Crippen LogP contribution in [0.25, 0.3) is 0 Å². The molecule has 4 heteroatoms. The summed E-state index contributed by atoms with van der Waals surface area (Å²) in [6.45, 7) is 5.20. The Morgan fingerprint density at radius 3 is 2.71 bits per heavy atom. The van der Waals surface area contributed by atoms with Crippen LogP contribution in [0.2, 0.25) is 0 Å². The molecule has 2 aromatic heterocycles. The number of hydrogen-bond acceptors (Lipinski definition) is 3. The normalized spacial score (nSPS) is 12.6. The number of nitrogens with zero attached hydrogens (tertiary/aromatic N) is 1. The largest absolute Gasteiger partial charge is 0.305 e. The fourth-order valence-electron chi connectivity index (χ4n) is 1.63. The highest BCUT2D eigenvalue weighted by atomic mass is 79.9. The molecule has 0 saturated heterocycles. The number of hydrogen-bond donors (Lipinski definition) is 1. The van der Waals surface area contributed by atoms with E-state index in [1.807, 2.05) is 35.9 Å². The Kier molecular flexibility index (Phi) is 4.31. The van der Waals surface area contributed by atoms with Gasteiger partial charge in [0.25, 0.3) is 0 Å². The topological polar surface area (TPSA) is 24.9 Å². The van der Waals surface area contributed by atoms with Crippen molar-refractivity contribution < 1.29 is 0 Å². The zero-order valence-electron chi connectivity index (χ0n) is 9.90. The molecule has 0 saturated carbocycles. The zero-order chi connectivity index (χ0) is 12.3. The Morgan fingerprint density at radius 2 is 2.12 bits per heavy atom. The van der Waals surface area contributed by atoms with Crippen LogP contribution in [-0.4, -0.2) is 4.98 Å². The van der Waals surface area contributed by atoms with Gasteiger partial charge in [-0.15, -0.1) is 11.3 Å². The van der Waals surface area contributed by atoms with Crippen LogP contribution < -0.4 is 5.32 Å². The van der Waals surface area contributed by atoms with Gasteiger partial charge in [0.1, 0.15) is 0 Å². The van der Waals surface area contributed by atoms with Crippen molar-refractivity contribution in [2.24, 2.45) is 0 Å². The second kappa shape index (κ2) is 5.76. The van der Waals surface area contributed by atoms with Gasteiger partial charge in [0.05, 0.1) is 0 Å². The smallest absolute Gasteiger partial charge is 0.0314 e. The van der Waals surface area contributed by atoms with E-state index in [0.717, 1.165) is 6.54 Å². The highest BCUT2D eigenvalue weighted by molar-refractivity contribution is 9.10. The maximum Gasteiger partial charge on any atom is 0.0314 e. The summed E-state index contributed by atoms with van der Waals surface area (Å²) in [5.41, 5.74) is 1.27. The van der Waals surface area contributed by atoms with Gasteiger partial charge in [0.15, 0.2) is 0 Å². The SMILES string of the molecule is Cc1sc(CN[C@@H](C)c2ccncc2)cc1Br. The third-order valence-corrected chi connectivity index (χ3v) is 4.83. The first-order valence-electron chi connectivity index (χ1n) is 5.55. The fourth-order valence-corrected chi connectivity index (χ4v) is 3.18. The molecule has 2 rings (SSSR count). The van der Waals surface area contributed by atoms with E-state index in [9.17, 15) is 0 Å². The lowest BCUT2D eigenvalue weighted by molar-refractivity contribution is 0.578. The van der Waals surface area contributed by atoms with Gasteiger partial charge in [-0.2, -0.15) is 0 Å². The number of rotatable bonds is 4. The lowest BCUT2D eigenvalue weighted by Gasteiger charge is -2.12. The molecular formula is C13H15BrN2S. The average molecular weight is 311 g/mol. The number of aryl methyl sites for hydroxylation is 1. The molecule has 0 aliphatic heterocycles. The standard InChI is InChI=1S/C13H15BrN2S/c1-9(11-3-5-15-6-4-11)16-8-12-7-13(14)10(2)17-12/h3-7,9,16H,8H2,1-2H3/t9-/m0/s1. The van der Waals surface area contributed by atoms with E-state index in [4.69, 9.17) is 0 Å². The first-order valence-corrected chi connectivity index (χ1v) is 7.16. The summed E-state index contributed by atoms with van der Waals surface area (Å²) in [6.07, 6.45) is 3.67. The van der Waals surface area contributed by atoms with Crippen LogP contribution in [0.1, 0.15) is 28.3 Å². The number of thiophene rings is 1. The molecule has 0 unspecified atom stereocenters. The van der Waals surface area contributed by atoms with Gasteiger partial charge >= 0.3 is 0 Å². The third kappa shape index (κ3) is 3.37. The second-order valence-corrected chi connectivity index (χ2v) is 6.20. The summed E-state index contributed by atoms with van der Waals surface area (Å²) in [6, 6.07) is 6.63. The van der Waals surface area contributed by atoms with Crippen LogP contribution in [0, 0.1) is 6.92 Å². The van der Waals surface area contributed by atoms with Crippen molar-refractivity contribution in [3.05, 3.63) is 50.4 Å². The monoisotopic (exact) mass is 310 g/mol. The van der Waals surface area contributed by atoms with Crippen molar-refractivity contribution in [1.82, 2.24) is 10.3 Å². The lowest BCUT2D eigenvalue weighted by atomic mass is 10.1. The van der Waals surface area contributed by atoms with Crippen LogP contribution in [0.15, 0.2) is 35.1 Å². The van der Waals surface area contributed by atoms with E-state index in [1.54, 1.807) is 0 Å². The minimum absolute atomic E-state index is 0.346. The summed E-state index contributed by atoms with van der Waals surface area (Å²) in [5.74, 6) is 0. The van der Waals surface area contributed by atoms with E-state index in [2.05, 4.69) is 46.1 Å². The molecule has 0 bridgehead atoms. The van der Waals surface area contributed by atoms with Crippen molar-refractivity contribution in [3.8, 4) is 0 Å². The van der Waals surface area contributed by atoms with Crippen molar-refractivity contribution in [3.63, 3.8) is 0 Å². The van der Waals surface area contributed by atoms with Crippen molar-refractivity contribution in [2.45, 2.75) is 26.4 Å². The fraction of sp³-hybridized carbons (Fsp3) is 0.308. The van der Waals surface area contributed by atoms with Crippen LogP contribution in [0.4, 0.5) is 0 Å². The van der Waals surface area contributed by atoms with E-state index >= 15 is 0 Å². The van der Waals surface area contributed by atoms with Crippen LogP contribution >= 0.6 is 27.3 Å². The predicted molar refractivity (Wildman–Crippen MR) is 76.2 cm³/mol. The maximum absolute atomic E-state index is 4.03. The van der Waals surface area contributed by atoms with Crippen LogP contribution in [0.3, 0.4) is 0 Å². The van der Waals surface area contributed by atoms with Crippen LogP contribution in [-0.2, 0) is 6.54 Å². The van der Waals surface area contributed by atoms with E-state index in [-0.39, 0.29) is 0 Å². The summed E-state index contributed by atoms with van der Waals surface area (Å²) >= 11 is 5.37. The Balaban J connectivity index is 1.94. The molecule has 0 amide bonds. The predicted octanol–water partition coefficient (Wildman–Crippen LogP) is 4.06. The van der Waals surface area contributed by atoms with Gasteiger partial charge in [-0.1, -0.05) is 0 Å². The number of pyridine rings is 1. The number of aromatic nitrogens is 1. The van der Waals surface area contributed by atoms with E-state index < -0.39 is 0 Å². The third-order valence-electron chi connectivity index (χ3n) is 2.70. The van der Waals surface area contributed by atoms with Crippen molar-refractivity contribution >= 4 is 27.3 Å². The molecule has 0 spiro atoms. The lowest BCUT2D eigenvalue weighted by Crippen LogP contribution is -2.17. The highest BCUT2D eigenvalue weighted by Crippen LogP contribution is 2.26. The zero-order valence-corrected chi connectivity index (χ0v) is 12.3. The molecule has 2 nitrogen and oxygen atoms in total. The Morgan fingerprint density at radius 1 is 1.41 bits per heavy atom. The number of nitrogens with one attached hydrogen (secondary N) is 1. The molecule has 90 valence electrons. The van der Waals surface area contributed by atoms with Crippen LogP contribution in [0.5, 0.6) is 0 Å². The van der Waals surface area contributed by atoms with Gasteiger partial charge in [-0.05, 0) is 53.5 Å². The molecule has 2 aromatic rings. The molecule has 1 N–H and O–H groups in total. The quantitative estimate of drug-likeness (QED) is 0.921. The van der Waals surface area contributed by atoms with Gasteiger partial charge in [-0.25, -0.2) is 0 Å². The second-order valence-electron chi connectivity index (χ2n) is 4.00. The number of halogens is 1. The van der Waals surface area contributed by atoms with Gasteiger partial charge in [-0.3, -0.25) is 4.98 Å². The molecular weight excluding hydrogens is 296 g/mol. The van der Waals surface area contributed by atoms with Crippen molar-refractivity contribution in [2.75, 3.05) is 0 Å². The summed E-state index contributed by atoms with van der Waals surface area (Å²) in [4.78, 5) is 6.72. The Bertz CT molecular complexity index is 462. The molecule has 2 heterocycles. The molecule has 0 aliphatic carbocycles. The Labute approximate surface area is 114 Å². The minimum atomic E-state index is 0.346. The summed E-state index contributed by atoms with van der Waals surface area (Å²) in [7, 11) is 0. The minimum Gasteiger partial charge on any atom is -0.305 e. The maximum atomic E-state index is 4.03. The van der Waals surface area contributed by atoms with Gasteiger partial charge in [0.2, 0.25) is 0 Å². The van der Waals surface area contributed by atoms with Gasteiger partial charge in [0, 0.05) is 39.2 Å². The molecule has 0 radical (unpaired) electrons. The summed E-state index contributed by atoms with van der Waals surface area (Å²) in [5, 5.41) is 3.52.